The molecule has 5 heteroatoms. The van der Waals surface area contributed by atoms with Gasteiger partial charge in [0.25, 0.3) is 5.91 Å². The van der Waals surface area contributed by atoms with E-state index >= 15 is 0 Å². The summed E-state index contributed by atoms with van der Waals surface area (Å²) in [4.78, 5) is 18.7. The van der Waals surface area contributed by atoms with Gasteiger partial charge < -0.3 is 14.4 Å². The molecule has 0 N–H and O–H groups in total. The lowest BCUT2D eigenvalue weighted by atomic mass is 10.2. The third kappa shape index (κ3) is 2.50. The number of amides is 1. The second-order valence-electron chi connectivity index (χ2n) is 6.21. The lowest BCUT2D eigenvalue weighted by Gasteiger charge is -2.26. The predicted molar refractivity (Wildman–Crippen MR) is 76.3 cm³/mol. The van der Waals surface area contributed by atoms with E-state index < -0.39 is 0 Å². The molecule has 3 heterocycles. The average Bonchev–Trinajstić information content (AvgIpc) is 3.25. The van der Waals surface area contributed by atoms with E-state index in [1.165, 1.54) is 12.8 Å². The van der Waals surface area contributed by atoms with Crippen LogP contribution in [-0.4, -0.2) is 47.2 Å². The number of aromatic nitrogens is 1. The van der Waals surface area contributed by atoms with E-state index in [9.17, 15) is 4.79 Å². The van der Waals surface area contributed by atoms with Crippen LogP contribution in [0.3, 0.4) is 0 Å². The molecule has 2 atom stereocenters. The lowest BCUT2D eigenvalue weighted by Crippen LogP contribution is -2.41. The molecule has 3 fully saturated rings. The number of hydrogen-bond acceptors (Lipinski definition) is 4. The Bertz CT molecular complexity index is 525. The van der Waals surface area contributed by atoms with Gasteiger partial charge in [0.2, 0.25) is 5.88 Å². The molecule has 3 aliphatic rings. The first-order chi connectivity index (χ1) is 10.3. The molecule has 1 saturated carbocycles. The summed E-state index contributed by atoms with van der Waals surface area (Å²) < 4.78 is 11.4. The fraction of sp³-hybridized carbons (Fsp3) is 0.625. The van der Waals surface area contributed by atoms with Gasteiger partial charge in [0, 0.05) is 18.8 Å². The zero-order chi connectivity index (χ0) is 14.2. The molecule has 0 radical (unpaired) electrons. The Kier molecular flexibility index (Phi) is 3.30. The van der Waals surface area contributed by atoms with Gasteiger partial charge >= 0.3 is 0 Å². The summed E-state index contributed by atoms with van der Waals surface area (Å²) in [6.45, 7) is 1.39. The highest BCUT2D eigenvalue weighted by atomic mass is 16.5. The van der Waals surface area contributed by atoms with Crippen molar-refractivity contribution in [2.45, 2.75) is 50.4 Å². The topological polar surface area (TPSA) is 51.7 Å². The molecule has 2 bridgehead atoms. The predicted octanol–water partition coefficient (Wildman–Crippen LogP) is 2.02. The smallest absolute Gasteiger partial charge is 0.255 e. The van der Waals surface area contributed by atoms with Gasteiger partial charge in [-0.3, -0.25) is 4.79 Å². The summed E-state index contributed by atoms with van der Waals surface area (Å²) in [5, 5.41) is 0. The maximum atomic E-state index is 12.5. The number of likely N-dealkylation sites (tertiary alicyclic amines) is 1. The third-order valence-corrected chi connectivity index (χ3v) is 4.73. The molecule has 2 aliphatic heterocycles. The second-order valence-corrected chi connectivity index (χ2v) is 6.21. The maximum Gasteiger partial charge on any atom is 0.255 e. The molecule has 1 aromatic rings. The van der Waals surface area contributed by atoms with Crippen molar-refractivity contribution in [3.05, 3.63) is 23.9 Å². The average molecular weight is 288 g/mol. The molecule has 1 aromatic heterocycles. The summed E-state index contributed by atoms with van der Waals surface area (Å²) in [6.07, 6.45) is 7.84. The fourth-order valence-electron chi connectivity index (χ4n) is 3.57. The number of nitrogens with zero attached hydrogens (tertiary/aromatic N) is 2. The molecule has 0 aromatic carbocycles. The van der Waals surface area contributed by atoms with E-state index in [1.807, 2.05) is 17.0 Å². The molecule has 21 heavy (non-hydrogen) atoms. The number of hydrogen-bond donors (Lipinski definition) is 0. The highest BCUT2D eigenvalue weighted by Gasteiger charge is 2.41. The zero-order valence-corrected chi connectivity index (χ0v) is 12.0. The minimum absolute atomic E-state index is 0.0608. The van der Waals surface area contributed by atoms with Crippen LogP contribution >= 0.6 is 0 Å². The van der Waals surface area contributed by atoms with Crippen LogP contribution in [0, 0.1) is 0 Å². The maximum absolute atomic E-state index is 12.5. The van der Waals surface area contributed by atoms with E-state index in [-0.39, 0.29) is 18.1 Å². The van der Waals surface area contributed by atoms with Gasteiger partial charge in [0.15, 0.2) is 0 Å². The Hall–Kier alpha value is -1.62. The van der Waals surface area contributed by atoms with Crippen LogP contribution in [0.25, 0.3) is 0 Å². The molecule has 1 amide bonds. The molecule has 1 aliphatic carbocycles. The normalized spacial score (nSPS) is 28.3. The third-order valence-electron chi connectivity index (χ3n) is 4.73. The van der Waals surface area contributed by atoms with Crippen LogP contribution < -0.4 is 4.74 Å². The Morgan fingerprint density at radius 1 is 1.33 bits per heavy atom. The Morgan fingerprint density at radius 3 is 2.81 bits per heavy atom. The summed E-state index contributed by atoms with van der Waals surface area (Å²) in [5.41, 5.74) is 0.640. The standard InChI is InChI=1S/C16H20N2O3/c19-16(18-9-14-7-12(18)10-20-14)11-5-6-15(17-8-11)21-13-3-1-2-4-13/h5-6,8,12-14H,1-4,7,9-10H2/t12-,14+/m0/s1. The molecular weight excluding hydrogens is 268 g/mol. The molecule has 5 nitrogen and oxygen atoms in total. The first-order valence-corrected chi connectivity index (χ1v) is 7.85. The molecule has 0 unspecified atom stereocenters. The van der Waals surface area contributed by atoms with E-state index in [4.69, 9.17) is 9.47 Å². The monoisotopic (exact) mass is 288 g/mol. The molecule has 4 rings (SSSR count). The Balaban J connectivity index is 1.42. The van der Waals surface area contributed by atoms with Gasteiger partial charge in [-0.05, 0) is 38.2 Å². The van der Waals surface area contributed by atoms with Crippen LogP contribution in [-0.2, 0) is 4.74 Å². The van der Waals surface area contributed by atoms with Gasteiger partial charge in [-0.15, -0.1) is 0 Å². The molecule has 112 valence electrons. The van der Waals surface area contributed by atoms with Gasteiger partial charge in [-0.1, -0.05) is 0 Å². The van der Waals surface area contributed by atoms with Crippen LogP contribution in [0.1, 0.15) is 42.5 Å². The van der Waals surface area contributed by atoms with Crippen molar-refractivity contribution in [3.8, 4) is 5.88 Å². The quantitative estimate of drug-likeness (QED) is 0.854. The van der Waals surface area contributed by atoms with Gasteiger partial charge in [0.05, 0.1) is 24.3 Å². The van der Waals surface area contributed by atoms with Crippen molar-refractivity contribution >= 4 is 5.91 Å². The van der Waals surface area contributed by atoms with Gasteiger partial charge in [-0.2, -0.15) is 0 Å². The van der Waals surface area contributed by atoms with Crippen LogP contribution in [0.15, 0.2) is 18.3 Å². The highest BCUT2D eigenvalue weighted by Crippen LogP contribution is 2.29. The number of carbonyl (C=O) groups excluding carboxylic acids is 1. The van der Waals surface area contributed by atoms with Crippen molar-refractivity contribution in [2.75, 3.05) is 13.2 Å². The Labute approximate surface area is 124 Å². The molecular formula is C16H20N2O3. The first-order valence-electron chi connectivity index (χ1n) is 7.85. The summed E-state index contributed by atoms with van der Waals surface area (Å²) in [5.74, 6) is 0.690. The first kappa shape index (κ1) is 13.1. The van der Waals surface area contributed by atoms with E-state index in [0.717, 1.165) is 19.3 Å². The van der Waals surface area contributed by atoms with Gasteiger partial charge in [0.1, 0.15) is 6.10 Å². The van der Waals surface area contributed by atoms with E-state index in [0.29, 0.717) is 30.7 Å². The fourth-order valence-corrected chi connectivity index (χ4v) is 3.57. The minimum Gasteiger partial charge on any atom is -0.474 e. The second kappa shape index (κ2) is 5.30. The number of fused-ring (bicyclic) bond motifs is 2. The van der Waals surface area contributed by atoms with E-state index in [1.54, 1.807) is 6.20 Å². The van der Waals surface area contributed by atoms with Crippen molar-refractivity contribution in [1.29, 1.82) is 0 Å². The number of rotatable bonds is 3. The summed E-state index contributed by atoms with van der Waals surface area (Å²) >= 11 is 0. The van der Waals surface area contributed by atoms with Gasteiger partial charge in [-0.25, -0.2) is 4.98 Å². The number of pyridine rings is 1. The van der Waals surface area contributed by atoms with E-state index in [2.05, 4.69) is 4.98 Å². The Morgan fingerprint density at radius 2 is 2.19 bits per heavy atom. The zero-order valence-electron chi connectivity index (χ0n) is 12.0. The van der Waals surface area contributed by atoms with Crippen molar-refractivity contribution in [2.24, 2.45) is 0 Å². The van der Waals surface area contributed by atoms with Crippen LogP contribution in [0.5, 0.6) is 5.88 Å². The largest absolute Gasteiger partial charge is 0.474 e. The number of ether oxygens (including phenoxy) is 2. The SMILES string of the molecule is O=C(c1ccc(OC2CCCC2)nc1)N1C[C@H]2C[C@H]1CO2. The van der Waals surface area contributed by atoms with Crippen molar-refractivity contribution in [1.82, 2.24) is 9.88 Å². The van der Waals surface area contributed by atoms with Crippen LogP contribution in [0.4, 0.5) is 0 Å². The number of carbonyl (C=O) groups is 1. The lowest BCUT2D eigenvalue weighted by molar-refractivity contribution is 0.0259. The highest BCUT2D eigenvalue weighted by molar-refractivity contribution is 5.94. The molecule has 2 saturated heterocycles. The summed E-state index contributed by atoms with van der Waals surface area (Å²) in [7, 11) is 0. The van der Waals surface area contributed by atoms with Crippen LogP contribution in [0.2, 0.25) is 0 Å². The summed E-state index contributed by atoms with van der Waals surface area (Å²) in [6, 6.07) is 3.89. The molecule has 0 spiro atoms. The minimum atomic E-state index is 0.0608. The van der Waals surface area contributed by atoms with Crippen molar-refractivity contribution < 1.29 is 14.3 Å². The van der Waals surface area contributed by atoms with Crippen molar-refractivity contribution in [3.63, 3.8) is 0 Å². The number of morpholine rings is 1.